The quantitative estimate of drug-likeness (QED) is 0.145. The minimum Gasteiger partial charge on any atom is -0.449 e. The molecule has 0 saturated carbocycles. The molecule has 0 spiro atoms. The van der Waals surface area contributed by atoms with Crippen molar-refractivity contribution in [1.29, 1.82) is 0 Å². The molecule has 1 atom stereocenters. The minimum atomic E-state index is -3.74. The van der Waals surface area contributed by atoms with E-state index < -0.39 is 22.3 Å². The molecule has 0 aliphatic heterocycles. The van der Waals surface area contributed by atoms with Crippen LogP contribution in [0, 0.1) is 0 Å². The fraction of sp³-hybridized carbons (Fsp3) is 0.259. The van der Waals surface area contributed by atoms with Gasteiger partial charge in [0.15, 0.2) is 5.75 Å². The maximum Gasteiger partial charge on any atom is 0.511 e. The highest BCUT2D eigenvalue weighted by Crippen LogP contribution is 2.30. The average molecular weight is 573 g/mol. The number of aliphatic hydroxyl groups is 1. The number of aromatic nitrogens is 2. The summed E-state index contributed by atoms with van der Waals surface area (Å²) in [4.78, 5) is 15.3. The molecule has 0 saturated heterocycles. The Morgan fingerprint density at radius 1 is 1.13 bits per heavy atom. The van der Waals surface area contributed by atoms with Gasteiger partial charge in [-0.1, -0.05) is 41.9 Å². The van der Waals surface area contributed by atoms with Gasteiger partial charge in [-0.25, -0.2) is 18.2 Å². The Balaban J connectivity index is 1.36. The second-order valence-electron chi connectivity index (χ2n) is 9.65. The van der Waals surface area contributed by atoms with E-state index >= 15 is 0 Å². The number of fused-ring (bicyclic) bond motifs is 1. The summed E-state index contributed by atoms with van der Waals surface area (Å²) < 4.78 is 34.4. The number of rotatable bonds is 11. The predicted molar refractivity (Wildman–Crippen MR) is 149 cm³/mol. The molecule has 4 rings (SSSR count). The van der Waals surface area contributed by atoms with Crippen LogP contribution in [0.15, 0.2) is 78.0 Å². The molecule has 4 aromatic rings. The van der Waals surface area contributed by atoms with Gasteiger partial charge in [0.05, 0.1) is 33.4 Å². The first-order chi connectivity index (χ1) is 18.4. The number of aliphatic hydroxyl groups excluding tert-OH is 1. The number of carbonyl (C=O) groups is 1. The predicted octanol–water partition coefficient (Wildman–Crippen LogP) is 5.04. The molecule has 0 aliphatic rings. The van der Waals surface area contributed by atoms with Gasteiger partial charge in [-0.2, -0.15) is 0 Å². The van der Waals surface area contributed by atoms with Gasteiger partial charge in [-0.05, 0) is 56.2 Å². The highest BCUT2D eigenvalue weighted by molar-refractivity contribution is 7.92. The molecule has 0 aliphatic carbocycles. The number of halogens is 1. The van der Waals surface area contributed by atoms with Crippen molar-refractivity contribution in [3.05, 3.63) is 83.6 Å². The lowest BCUT2D eigenvalue weighted by Gasteiger charge is -2.28. The Morgan fingerprint density at radius 2 is 1.87 bits per heavy atom. The lowest BCUT2D eigenvalue weighted by atomic mass is 9.99. The Hall–Kier alpha value is -3.64. The van der Waals surface area contributed by atoms with Gasteiger partial charge in [0.1, 0.15) is 0 Å². The van der Waals surface area contributed by atoms with E-state index in [-0.39, 0.29) is 27.8 Å². The van der Waals surface area contributed by atoms with Crippen LogP contribution >= 0.6 is 11.6 Å². The third-order valence-electron chi connectivity index (χ3n) is 6.20. The van der Waals surface area contributed by atoms with Crippen LogP contribution in [0.2, 0.25) is 5.02 Å². The summed E-state index contributed by atoms with van der Waals surface area (Å²) in [6.45, 7) is 4.84. The number of β-amino-alcohol motifs (C(OH)–C–C–N with tert-alkyl or cyclic N) is 1. The molecule has 0 fully saturated rings. The molecule has 0 radical (unpaired) electrons. The number of anilines is 1. The smallest absolute Gasteiger partial charge is 0.449 e. The number of hydrogen-bond acceptors (Lipinski definition) is 7. The Morgan fingerprint density at radius 3 is 2.59 bits per heavy atom. The van der Waals surface area contributed by atoms with Crippen LogP contribution in [0.25, 0.3) is 11.0 Å². The number of ether oxygens (including phenoxy) is 1. The van der Waals surface area contributed by atoms with E-state index in [1.54, 1.807) is 54.9 Å². The summed E-state index contributed by atoms with van der Waals surface area (Å²) in [7, 11) is -3.74. The van der Waals surface area contributed by atoms with Crippen molar-refractivity contribution in [3.8, 4) is 5.75 Å². The maximum atomic E-state index is 12.6. The summed E-state index contributed by atoms with van der Waals surface area (Å²) in [5.41, 5.74) is 1.85. The summed E-state index contributed by atoms with van der Waals surface area (Å²) in [6, 6.07) is 17.8. The zero-order valence-corrected chi connectivity index (χ0v) is 22.9. The lowest BCUT2D eigenvalue weighted by Crippen LogP contribution is -2.42. The fourth-order valence-electron chi connectivity index (χ4n) is 4.01. The highest BCUT2D eigenvalue weighted by atomic mass is 35.5. The van der Waals surface area contributed by atoms with E-state index in [2.05, 4.69) is 19.8 Å². The van der Waals surface area contributed by atoms with Crippen LogP contribution in [0.3, 0.4) is 0 Å². The van der Waals surface area contributed by atoms with Gasteiger partial charge in [0.25, 0.3) is 10.0 Å². The van der Waals surface area contributed by atoms with E-state index in [4.69, 9.17) is 16.7 Å². The van der Waals surface area contributed by atoms with Gasteiger partial charge < -0.3 is 24.8 Å². The van der Waals surface area contributed by atoms with Gasteiger partial charge in [-0.15, -0.1) is 0 Å². The van der Waals surface area contributed by atoms with E-state index in [1.165, 1.54) is 18.2 Å². The number of benzene rings is 3. The van der Waals surface area contributed by atoms with Crippen LogP contribution in [0.1, 0.15) is 31.9 Å². The largest absolute Gasteiger partial charge is 0.511 e. The van der Waals surface area contributed by atoms with Crippen molar-refractivity contribution in [2.45, 2.75) is 43.4 Å². The molecule has 1 aromatic heterocycles. The fourth-order valence-corrected chi connectivity index (χ4v) is 5.28. The van der Waals surface area contributed by atoms with Gasteiger partial charge in [0.2, 0.25) is 0 Å². The number of sulfonamides is 1. The van der Waals surface area contributed by atoms with Gasteiger partial charge >= 0.3 is 6.16 Å². The summed E-state index contributed by atoms with van der Waals surface area (Å²) >= 11 is 6.18. The van der Waals surface area contributed by atoms with E-state index in [0.717, 1.165) is 5.52 Å². The third kappa shape index (κ3) is 7.27. The monoisotopic (exact) mass is 572 g/mol. The topological polar surface area (TPSA) is 143 Å². The first kappa shape index (κ1) is 28.4. The molecule has 39 heavy (non-hydrogen) atoms. The number of hydrogen-bond donors (Lipinski definition) is 4. The van der Waals surface area contributed by atoms with E-state index in [9.17, 15) is 18.3 Å². The molecule has 0 bridgehead atoms. The van der Waals surface area contributed by atoms with Crippen molar-refractivity contribution in [3.63, 3.8) is 0 Å². The minimum absolute atomic E-state index is 0.0230. The lowest BCUT2D eigenvalue weighted by molar-refractivity contribution is 0.144. The van der Waals surface area contributed by atoms with Crippen molar-refractivity contribution < 1.29 is 28.2 Å². The zero-order chi connectivity index (χ0) is 28.2. The normalized spacial score (nSPS) is 12.8. The molecular weight excluding hydrogens is 544 g/mol. The first-order valence-corrected chi connectivity index (χ1v) is 14.0. The highest BCUT2D eigenvalue weighted by Gasteiger charge is 2.21. The van der Waals surface area contributed by atoms with Crippen LogP contribution < -0.4 is 14.8 Å². The van der Waals surface area contributed by atoms with Gasteiger partial charge in [-0.3, -0.25) is 4.72 Å². The molecule has 4 N–H and O–H groups in total. The van der Waals surface area contributed by atoms with Crippen LogP contribution in [0.5, 0.6) is 5.75 Å². The van der Waals surface area contributed by atoms with Crippen molar-refractivity contribution in [2.75, 3.05) is 11.3 Å². The second-order valence-corrected chi connectivity index (χ2v) is 11.7. The Kier molecular flexibility index (Phi) is 8.45. The molecule has 0 unspecified atom stereocenters. The number of carboxylic acid groups (broad SMARTS) is 1. The first-order valence-electron chi connectivity index (χ1n) is 12.1. The summed E-state index contributed by atoms with van der Waals surface area (Å²) in [6.07, 6.45) is 0.00263. The SMILES string of the molecule is CC(C)(CCn1cnc2cc(OC(=O)O)c(Cl)cc21)NC[C@H](O)c1cccc(NS(=O)(=O)c2ccccc2)c1. The molecule has 12 heteroatoms. The van der Waals surface area contributed by atoms with Crippen molar-refractivity contribution in [2.24, 2.45) is 0 Å². The number of nitrogens with one attached hydrogen (secondary N) is 2. The number of nitrogens with zero attached hydrogens (tertiary/aromatic N) is 2. The average Bonchev–Trinajstić information content (AvgIpc) is 3.28. The molecule has 3 aromatic carbocycles. The Labute approximate surface area is 231 Å². The van der Waals surface area contributed by atoms with Crippen LogP contribution in [-0.2, 0) is 16.6 Å². The van der Waals surface area contributed by atoms with E-state index in [0.29, 0.717) is 29.7 Å². The van der Waals surface area contributed by atoms with Crippen LogP contribution in [0.4, 0.5) is 10.5 Å². The summed E-state index contributed by atoms with van der Waals surface area (Å²) in [5, 5.41) is 23.2. The standard InChI is InChI=1S/C27H29ClN4O6S/c1-27(2,11-12-32-17-29-22-15-25(38-26(34)35)21(28)14-23(22)32)30-16-24(33)18-7-6-8-19(13-18)31-39(36,37)20-9-4-3-5-10-20/h3-10,13-15,17,24,30-31,33H,11-12,16H2,1-2H3,(H,34,35)/t24-/m0/s1. The maximum absolute atomic E-state index is 12.6. The van der Waals surface area contributed by atoms with Crippen molar-refractivity contribution in [1.82, 2.24) is 14.9 Å². The number of imidazole rings is 1. The van der Waals surface area contributed by atoms with Crippen LogP contribution in [-0.4, -0.2) is 46.4 Å². The Bertz CT molecular complexity index is 1570. The van der Waals surface area contributed by atoms with E-state index in [1.807, 2.05) is 18.4 Å². The summed E-state index contributed by atoms with van der Waals surface area (Å²) in [5.74, 6) is 0.0230. The van der Waals surface area contributed by atoms with Crippen molar-refractivity contribution >= 4 is 44.5 Å². The molecule has 10 nitrogen and oxygen atoms in total. The zero-order valence-electron chi connectivity index (χ0n) is 21.3. The number of aryl methyl sites for hydroxylation is 1. The molecular formula is C27H29ClN4O6S. The molecule has 1 heterocycles. The molecule has 206 valence electrons. The van der Waals surface area contributed by atoms with Gasteiger partial charge in [0, 0.05) is 30.4 Å². The molecule has 0 amide bonds. The third-order valence-corrected chi connectivity index (χ3v) is 7.89. The second kappa shape index (κ2) is 11.6.